The lowest BCUT2D eigenvalue weighted by atomic mass is 9.78. The summed E-state index contributed by atoms with van der Waals surface area (Å²) in [5, 5.41) is 6.89. The molecule has 0 saturated carbocycles. The Morgan fingerprint density at radius 3 is 2.58 bits per heavy atom. The van der Waals surface area contributed by atoms with Gasteiger partial charge in [0.25, 0.3) is 0 Å². The largest absolute Gasteiger partial charge is 0.443 e. The number of ether oxygens (including phenoxy) is 2. The maximum Gasteiger partial charge on any atom is 0.414 e. The molecule has 0 spiro atoms. The van der Waals surface area contributed by atoms with Crippen molar-refractivity contribution in [1.29, 1.82) is 0 Å². The van der Waals surface area contributed by atoms with Crippen molar-refractivity contribution < 1.29 is 19.1 Å². The van der Waals surface area contributed by atoms with Gasteiger partial charge in [0.15, 0.2) is 0 Å². The molecule has 4 unspecified atom stereocenters. The van der Waals surface area contributed by atoms with Crippen molar-refractivity contribution >= 4 is 32.5 Å². The number of rotatable bonds is 10. The lowest BCUT2D eigenvalue weighted by Crippen LogP contribution is -2.46. The number of fused-ring (bicyclic) bond motifs is 2. The fraction of sp³-hybridized carbons (Fsp3) is 0.605. The van der Waals surface area contributed by atoms with Gasteiger partial charge in [-0.2, -0.15) is 0 Å². The number of morpholine rings is 1. The highest BCUT2D eigenvalue weighted by atomic mass is 31.1. The summed E-state index contributed by atoms with van der Waals surface area (Å²) in [5.74, 6) is 3.88. The van der Waals surface area contributed by atoms with Crippen molar-refractivity contribution in [1.82, 2.24) is 20.1 Å². The van der Waals surface area contributed by atoms with Gasteiger partial charge >= 0.3 is 6.09 Å². The zero-order valence-electron chi connectivity index (χ0n) is 33.9. The summed E-state index contributed by atoms with van der Waals surface area (Å²) in [6.07, 6.45) is 10.9. The topological polar surface area (TPSA) is 96.0 Å². The number of carbonyl (C=O) groups is 2. The molecule has 10 heteroatoms. The Labute approximate surface area is 321 Å². The molecule has 9 nitrogen and oxygen atoms in total. The summed E-state index contributed by atoms with van der Waals surface area (Å²) in [5.41, 5.74) is 7.69. The van der Waals surface area contributed by atoms with Crippen LogP contribution in [0.3, 0.4) is 0 Å². The molecule has 1 aromatic heterocycles. The number of carbonyl (C=O) groups excluding carboxylic acids is 2. The number of pyridine rings is 1. The third kappa shape index (κ3) is 11.6. The van der Waals surface area contributed by atoms with Crippen LogP contribution in [0.25, 0.3) is 0 Å². The minimum absolute atomic E-state index is 0.102. The van der Waals surface area contributed by atoms with E-state index in [-0.39, 0.29) is 11.9 Å². The van der Waals surface area contributed by atoms with Crippen LogP contribution in [0.15, 0.2) is 59.3 Å². The van der Waals surface area contributed by atoms with Crippen LogP contribution in [-0.2, 0) is 33.7 Å². The van der Waals surface area contributed by atoms with Crippen LogP contribution in [0.2, 0.25) is 0 Å². The van der Waals surface area contributed by atoms with E-state index in [1.807, 2.05) is 65.1 Å². The third-order valence-electron chi connectivity index (χ3n) is 10.8. The molecule has 1 aromatic carbocycles. The standard InChI is InChI=1S/C29H35N4O4P.C12H25N.C2H6/c1-19-24(18-38-27-26(19)33(12-14-36-27)28(35)37-29(2,3)4)32-11-9-21-16-30-25(15-22(21)17-32)31-23-7-5-20(6-8-23)10-13-34;1-4-11(3)6-7-12(5-2)8-9-13-10-12;1-2/h5-8,13,15-16,18,27,38H,9-12,14,17H2,1-4H3,(H,30,31);11,13H,4-10H2,1-3H3;1-2H3. The molecule has 2 aromatic rings. The van der Waals surface area contributed by atoms with E-state index < -0.39 is 5.60 Å². The van der Waals surface area contributed by atoms with Gasteiger partial charge in [-0.3, -0.25) is 4.90 Å². The van der Waals surface area contributed by atoms with E-state index in [2.05, 4.69) is 60.1 Å². The van der Waals surface area contributed by atoms with Crippen LogP contribution in [0.1, 0.15) is 111 Å². The lowest BCUT2D eigenvalue weighted by Gasteiger charge is -2.42. The van der Waals surface area contributed by atoms with Crippen LogP contribution in [0.4, 0.5) is 16.3 Å². The Kier molecular flexibility index (Phi) is 15.9. The first-order valence-electron chi connectivity index (χ1n) is 20.0. The van der Waals surface area contributed by atoms with Crippen molar-refractivity contribution in [2.24, 2.45) is 11.3 Å². The molecule has 2 N–H and O–H groups in total. The first kappa shape index (κ1) is 42.5. The van der Waals surface area contributed by atoms with E-state index in [1.54, 1.807) is 4.90 Å². The smallest absolute Gasteiger partial charge is 0.414 e. The van der Waals surface area contributed by atoms with E-state index in [1.165, 1.54) is 56.3 Å². The molecule has 1 amide bonds. The van der Waals surface area contributed by atoms with E-state index >= 15 is 0 Å². The van der Waals surface area contributed by atoms with Gasteiger partial charge < -0.3 is 29.8 Å². The molecule has 5 heterocycles. The van der Waals surface area contributed by atoms with Crippen molar-refractivity contribution in [3.05, 3.63) is 76.0 Å². The van der Waals surface area contributed by atoms with Crippen LogP contribution >= 0.6 is 8.58 Å². The van der Waals surface area contributed by atoms with Gasteiger partial charge in [0.2, 0.25) is 0 Å². The summed E-state index contributed by atoms with van der Waals surface area (Å²) in [4.78, 5) is 32.6. The predicted octanol–water partition coefficient (Wildman–Crippen LogP) is 9.55. The number of nitrogens with one attached hydrogen (secondary N) is 2. The average molecular weight is 748 g/mol. The Bertz CT molecular complexity index is 1560. The zero-order chi connectivity index (χ0) is 38.6. The maximum absolute atomic E-state index is 13.1. The molecule has 292 valence electrons. The Hall–Kier alpha value is -3.26. The van der Waals surface area contributed by atoms with Crippen LogP contribution in [0, 0.1) is 11.3 Å². The highest BCUT2D eigenvalue weighted by molar-refractivity contribution is 7.42. The number of hydrogen-bond acceptors (Lipinski definition) is 8. The summed E-state index contributed by atoms with van der Waals surface area (Å²) >= 11 is 0. The number of aromatic nitrogens is 1. The molecule has 2 saturated heterocycles. The van der Waals surface area contributed by atoms with Crippen LogP contribution < -0.4 is 10.6 Å². The summed E-state index contributed by atoms with van der Waals surface area (Å²) in [6, 6.07) is 9.95. The molecule has 0 radical (unpaired) electrons. The second kappa shape index (κ2) is 19.9. The molecule has 4 atom stereocenters. The van der Waals surface area contributed by atoms with Gasteiger partial charge in [-0.1, -0.05) is 68.2 Å². The molecule has 4 aliphatic rings. The highest BCUT2D eigenvalue weighted by Gasteiger charge is 2.37. The molecule has 53 heavy (non-hydrogen) atoms. The molecular formula is C43H66N5O4P. The first-order chi connectivity index (χ1) is 25.4. The SMILES string of the molecule is CC.CC1=C2C(OCCN2C(=O)OC(C)(C)C)PC=C1N1CCc2cnc(Nc3ccc(CC=O)cc3)cc2C1.CCC(C)CCC1(CC)CCNC1. The number of hydrogen-bond donors (Lipinski definition) is 2. The Balaban J connectivity index is 0.000000352. The number of anilines is 2. The normalized spacial score (nSPS) is 22.0. The van der Waals surface area contributed by atoms with Gasteiger partial charge in [-0.15, -0.1) is 0 Å². The lowest BCUT2D eigenvalue weighted by molar-refractivity contribution is -0.107. The maximum atomic E-state index is 13.1. The summed E-state index contributed by atoms with van der Waals surface area (Å²) in [6.45, 7) is 24.0. The Morgan fingerprint density at radius 2 is 1.94 bits per heavy atom. The third-order valence-corrected chi connectivity index (χ3v) is 12.0. The van der Waals surface area contributed by atoms with Crippen LogP contribution in [-0.4, -0.2) is 71.4 Å². The number of nitrogens with zero attached hydrogens (tertiary/aromatic N) is 3. The van der Waals surface area contributed by atoms with Crippen LogP contribution in [0.5, 0.6) is 0 Å². The molecule has 4 aliphatic heterocycles. The average Bonchev–Trinajstić information content (AvgIpc) is 3.64. The van der Waals surface area contributed by atoms with E-state index in [9.17, 15) is 9.59 Å². The fourth-order valence-electron chi connectivity index (χ4n) is 7.28. The number of amides is 1. The van der Waals surface area contributed by atoms with Crippen molar-refractivity contribution in [3.8, 4) is 0 Å². The molecule has 0 aliphatic carbocycles. The van der Waals surface area contributed by atoms with E-state index in [4.69, 9.17) is 9.47 Å². The van der Waals surface area contributed by atoms with Crippen molar-refractivity contribution in [2.45, 2.75) is 125 Å². The number of allylic oxidation sites excluding steroid dienone is 1. The van der Waals surface area contributed by atoms with Gasteiger partial charge in [-0.25, -0.2) is 9.78 Å². The molecule has 6 rings (SSSR count). The molecule has 0 bridgehead atoms. The Morgan fingerprint density at radius 1 is 1.19 bits per heavy atom. The predicted molar refractivity (Wildman–Crippen MR) is 220 cm³/mol. The number of benzene rings is 1. The van der Waals surface area contributed by atoms with E-state index in [0.29, 0.717) is 33.6 Å². The van der Waals surface area contributed by atoms with E-state index in [0.717, 1.165) is 65.8 Å². The molecular weight excluding hydrogens is 681 g/mol. The minimum atomic E-state index is -0.553. The fourth-order valence-corrected chi connectivity index (χ4v) is 8.73. The summed E-state index contributed by atoms with van der Waals surface area (Å²) in [7, 11) is 0.439. The second-order valence-corrected chi connectivity index (χ2v) is 16.8. The second-order valence-electron chi connectivity index (χ2n) is 15.6. The van der Waals surface area contributed by atoms with Crippen molar-refractivity contribution in [2.75, 3.05) is 38.1 Å². The monoisotopic (exact) mass is 747 g/mol. The van der Waals surface area contributed by atoms with Gasteiger partial charge in [0, 0.05) is 43.6 Å². The quantitative estimate of drug-likeness (QED) is 0.183. The number of aldehydes is 1. The highest BCUT2D eigenvalue weighted by Crippen LogP contribution is 2.44. The summed E-state index contributed by atoms with van der Waals surface area (Å²) < 4.78 is 11.8. The van der Waals surface area contributed by atoms with Gasteiger partial charge in [0.05, 0.1) is 18.8 Å². The minimum Gasteiger partial charge on any atom is -0.443 e. The van der Waals surface area contributed by atoms with Gasteiger partial charge in [0.1, 0.15) is 23.6 Å². The van der Waals surface area contributed by atoms with Gasteiger partial charge in [-0.05, 0) is 118 Å². The zero-order valence-corrected chi connectivity index (χ0v) is 34.9. The first-order valence-corrected chi connectivity index (χ1v) is 21.1. The van der Waals surface area contributed by atoms with Crippen molar-refractivity contribution in [3.63, 3.8) is 0 Å². The molecule has 2 fully saturated rings.